The molecule has 20 heavy (non-hydrogen) atoms. The van der Waals surface area contributed by atoms with Crippen molar-refractivity contribution in [1.29, 1.82) is 0 Å². The fourth-order valence-electron chi connectivity index (χ4n) is 1.34. The van der Waals surface area contributed by atoms with Crippen LogP contribution in [0.25, 0.3) is 0 Å². The number of ketones is 1. The van der Waals surface area contributed by atoms with Gasteiger partial charge in [0.1, 0.15) is 12.0 Å². The summed E-state index contributed by atoms with van der Waals surface area (Å²) in [5.74, 6) is 4.07. The average molecular weight is 274 g/mol. The number of ether oxygens (including phenoxy) is 2. The second kappa shape index (κ2) is 7.46. The van der Waals surface area contributed by atoms with Crippen molar-refractivity contribution in [2.75, 3.05) is 7.11 Å². The van der Waals surface area contributed by atoms with Gasteiger partial charge in [-0.3, -0.25) is 9.59 Å². The van der Waals surface area contributed by atoms with E-state index in [1.807, 2.05) is 30.3 Å². The molecule has 0 N–H and O–H groups in total. The van der Waals surface area contributed by atoms with Gasteiger partial charge in [0.2, 0.25) is 5.78 Å². The first-order valence-electron chi connectivity index (χ1n) is 6.23. The topological polar surface area (TPSA) is 52.6 Å². The van der Waals surface area contributed by atoms with Gasteiger partial charge in [-0.1, -0.05) is 36.3 Å². The third-order valence-electron chi connectivity index (χ3n) is 2.48. The van der Waals surface area contributed by atoms with Crippen molar-refractivity contribution >= 4 is 11.8 Å². The zero-order chi connectivity index (χ0) is 15.0. The number of Topliss-reactive ketones (excluding diaryl/α,β-unsaturated/α-hetero) is 1. The van der Waals surface area contributed by atoms with E-state index in [2.05, 4.69) is 16.6 Å². The number of carbonyl (C=O) groups is 2. The first-order valence-corrected chi connectivity index (χ1v) is 6.23. The Bertz CT molecular complexity index is 520. The van der Waals surface area contributed by atoms with E-state index in [0.29, 0.717) is 6.61 Å². The Labute approximate surface area is 119 Å². The van der Waals surface area contributed by atoms with Crippen LogP contribution in [-0.2, 0) is 25.7 Å². The van der Waals surface area contributed by atoms with E-state index in [1.165, 1.54) is 7.11 Å². The molecule has 0 aliphatic rings. The molecule has 1 aromatic rings. The highest BCUT2D eigenvalue weighted by atomic mass is 16.5. The smallest absolute Gasteiger partial charge is 0.314 e. The van der Waals surface area contributed by atoms with Crippen molar-refractivity contribution in [3.05, 3.63) is 35.9 Å². The molecule has 1 rings (SSSR count). The van der Waals surface area contributed by atoms with Gasteiger partial charge in [0, 0.05) is 0 Å². The summed E-state index contributed by atoms with van der Waals surface area (Å²) in [6.45, 7) is 3.95. The molecule has 0 bridgehead atoms. The van der Waals surface area contributed by atoms with Crippen LogP contribution in [0.4, 0.5) is 0 Å². The van der Waals surface area contributed by atoms with Crippen molar-refractivity contribution < 1.29 is 19.1 Å². The van der Waals surface area contributed by atoms with Crippen molar-refractivity contribution in [2.24, 2.45) is 0 Å². The maximum Gasteiger partial charge on any atom is 0.314 e. The molecule has 0 heterocycles. The number of methoxy groups -OCH3 is 1. The van der Waals surface area contributed by atoms with Crippen LogP contribution in [0, 0.1) is 11.8 Å². The molecule has 0 unspecified atom stereocenters. The highest BCUT2D eigenvalue weighted by Gasteiger charge is 2.15. The zero-order valence-electron chi connectivity index (χ0n) is 11.9. The fraction of sp³-hybridized carbons (Fsp3) is 0.375. The third kappa shape index (κ3) is 6.17. The van der Waals surface area contributed by atoms with Crippen molar-refractivity contribution in [1.82, 2.24) is 0 Å². The van der Waals surface area contributed by atoms with Gasteiger partial charge in [0.15, 0.2) is 0 Å². The average Bonchev–Trinajstić information content (AvgIpc) is 2.44. The maximum absolute atomic E-state index is 11.4. The number of hydrogen-bond donors (Lipinski definition) is 0. The normalized spacial score (nSPS) is 10.3. The van der Waals surface area contributed by atoms with Gasteiger partial charge in [-0.25, -0.2) is 0 Å². The van der Waals surface area contributed by atoms with Crippen molar-refractivity contribution in [2.45, 2.75) is 32.5 Å². The van der Waals surface area contributed by atoms with Crippen LogP contribution in [0.15, 0.2) is 30.3 Å². The van der Waals surface area contributed by atoms with Gasteiger partial charge in [0.05, 0.1) is 13.7 Å². The molecular formula is C16H18O4. The largest absolute Gasteiger partial charge is 0.469 e. The van der Waals surface area contributed by atoms with E-state index >= 15 is 0 Å². The molecule has 0 amide bonds. The summed E-state index contributed by atoms with van der Waals surface area (Å²) in [5, 5.41) is 0. The van der Waals surface area contributed by atoms with Crippen LogP contribution in [-0.4, -0.2) is 24.5 Å². The molecule has 0 aliphatic carbocycles. The Morgan fingerprint density at radius 2 is 1.85 bits per heavy atom. The van der Waals surface area contributed by atoms with Gasteiger partial charge in [0.25, 0.3) is 0 Å². The summed E-state index contributed by atoms with van der Waals surface area (Å²) in [7, 11) is 1.23. The number of hydrogen-bond acceptors (Lipinski definition) is 4. The summed E-state index contributed by atoms with van der Waals surface area (Å²) in [6, 6.07) is 9.69. The molecule has 0 radical (unpaired) electrons. The zero-order valence-corrected chi connectivity index (χ0v) is 11.9. The molecular weight excluding hydrogens is 256 g/mol. The molecule has 0 aliphatic heterocycles. The molecule has 0 saturated heterocycles. The van der Waals surface area contributed by atoms with Gasteiger partial charge in [-0.2, -0.15) is 0 Å². The maximum atomic E-state index is 11.4. The standard InChI is InChI=1S/C16H18O4/c1-16(2,10-9-14(17)11-15(18)19-3)20-12-13-7-5-4-6-8-13/h4-8H,11-12H2,1-3H3. The second-order valence-corrected chi connectivity index (χ2v) is 4.71. The molecule has 0 atom stereocenters. The lowest BCUT2D eigenvalue weighted by molar-refractivity contribution is -0.142. The predicted octanol–water partition coefficient (Wildman–Crippen LogP) is 2.12. The van der Waals surface area contributed by atoms with Crippen LogP contribution >= 0.6 is 0 Å². The summed E-state index contributed by atoms with van der Waals surface area (Å²) >= 11 is 0. The summed E-state index contributed by atoms with van der Waals surface area (Å²) in [6.07, 6.45) is -0.335. The van der Waals surface area contributed by atoms with Crippen LogP contribution in [0.5, 0.6) is 0 Å². The first kappa shape index (κ1) is 15.9. The quantitative estimate of drug-likeness (QED) is 0.357. The lowest BCUT2D eigenvalue weighted by atomic mass is 10.1. The monoisotopic (exact) mass is 274 g/mol. The van der Waals surface area contributed by atoms with Gasteiger partial charge in [-0.05, 0) is 25.3 Å². The van der Waals surface area contributed by atoms with Gasteiger partial charge in [-0.15, -0.1) is 0 Å². The van der Waals surface area contributed by atoms with Crippen molar-refractivity contribution in [3.8, 4) is 11.8 Å². The Kier molecular flexibility index (Phi) is 5.95. The number of rotatable bonds is 5. The van der Waals surface area contributed by atoms with E-state index in [0.717, 1.165) is 5.56 Å². The minimum Gasteiger partial charge on any atom is -0.469 e. The number of esters is 1. The van der Waals surface area contributed by atoms with E-state index in [4.69, 9.17) is 4.74 Å². The lowest BCUT2D eigenvalue weighted by Crippen LogP contribution is -2.22. The summed E-state index contributed by atoms with van der Waals surface area (Å²) < 4.78 is 10.1. The van der Waals surface area contributed by atoms with E-state index in [9.17, 15) is 9.59 Å². The van der Waals surface area contributed by atoms with E-state index < -0.39 is 17.4 Å². The minimum absolute atomic E-state index is 0.335. The number of carbonyl (C=O) groups excluding carboxylic acids is 2. The Morgan fingerprint density at radius 3 is 2.45 bits per heavy atom. The molecule has 0 spiro atoms. The SMILES string of the molecule is COC(=O)CC(=O)C#CC(C)(C)OCc1ccccc1. The summed E-state index contributed by atoms with van der Waals surface area (Å²) in [5.41, 5.74) is 0.269. The number of benzene rings is 1. The second-order valence-electron chi connectivity index (χ2n) is 4.71. The van der Waals surface area contributed by atoms with Gasteiger partial charge < -0.3 is 9.47 Å². The van der Waals surface area contributed by atoms with Gasteiger partial charge >= 0.3 is 5.97 Å². The molecule has 106 valence electrons. The summed E-state index contributed by atoms with van der Waals surface area (Å²) in [4.78, 5) is 22.3. The first-order chi connectivity index (χ1) is 9.43. The van der Waals surface area contributed by atoms with Crippen LogP contribution in [0.1, 0.15) is 25.8 Å². The van der Waals surface area contributed by atoms with E-state index in [1.54, 1.807) is 13.8 Å². The molecule has 1 aromatic carbocycles. The molecule has 0 fully saturated rings. The van der Waals surface area contributed by atoms with E-state index in [-0.39, 0.29) is 6.42 Å². The highest BCUT2D eigenvalue weighted by Crippen LogP contribution is 2.11. The van der Waals surface area contributed by atoms with Crippen molar-refractivity contribution in [3.63, 3.8) is 0 Å². The Hall–Kier alpha value is -2.12. The molecule has 4 nitrogen and oxygen atoms in total. The Morgan fingerprint density at radius 1 is 1.20 bits per heavy atom. The minimum atomic E-state index is -0.762. The van der Waals surface area contributed by atoms with Crippen LogP contribution in [0.3, 0.4) is 0 Å². The molecule has 4 heteroatoms. The third-order valence-corrected chi connectivity index (χ3v) is 2.48. The lowest BCUT2D eigenvalue weighted by Gasteiger charge is -2.18. The van der Waals surface area contributed by atoms with Crippen LogP contribution in [0.2, 0.25) is 0 Å². The predicted molar refractivity (Wildman–Crippen MR) is 74.7 cm³/mol. The Balaban J connectivity index is 2.53. The fourth-order valence-corrected chi connectivity index (χ4v) is 1.34. The van der Waals surface area contributed by atoms with Crippen LogP contribution < -0.4 is 0 Å². The molecule has 0 saturated carbocycles. The highest BCUT2D eigenvalue weighted by molar-refractivity contribution is 6.05. The molecule has 0 aromatic heterocycles.